The highest BCUT2D eigenvalue weighted by Crippen LogP contribution is 2.37. The van der Waals surface area contributed by atoms with Crippen LogP contribution in [-0.2, 0) is 18.8 Å². The molecule has 4 nitrogen and oxygen atoms in total. The molecule has 0 radical (unpaired) electrons. The zero-order valence-corrected chi connectivity index (χ0v) is 16.4. The Morgan fingerprint density at radius 3 is 2.07 bits per heavy atom. The molecule has 29 heavy (non-hydrogen) atoms. The van der Waals surface area contributed by atoms with E-state index in [2.05, 4.69) is 21.2 Å². The van der Waals surface area contributed by atoms with E-state index in [1.165, 1.54) is 7.11 Å². The van der Waals surface area contributed by atoms with Crippen LogP contribution in [0.1, 0.15) is 16.7 Å². The molecule has 0 fully saturated rings. The maximum atomic E-state index is 12.8. The van der Waals surface area contributed by atoms with Gasteiger partial charge in [-0.2, -0.15) is 26.3 Å². The fourth-order valence-electron chi connectivity index (χ4n) is 2.39. The maximum absolute atomic E-state index is 12.8. The predicted octanol–water partition coefficient (Wildman–Crippen LogP) is 5.86. The quantitative estimate of drug-likeness (QED) is 0.522. The van der Waals surface area contributed by atoms with E-state index in [0.29, 0.717) is 28.8 Å². The van der Waals surface area contributed by atoms with Gasteiger partial charge in [0, 0.05) is 12.2 Å². The number of urea groups is 1. The van der Waals surface area contributed by atoms with Crippen LogP contribution in [0.5, 0.6) is 5.75 Å². The number of carbonyl (C=O) groups is 1. The fourth-order valence-corrected chi connectivity index (χ4v) is 2.98. The molecule has 2 N–H and O–H groups in total. The van der Waals surface area contributed by atoms with E-state index < -0.39 is 35.2 Å². The van der Waals surface area contributed by atoms with E-state index in [0.717, 1.165) is 5.56 Å². The average molecular weight is 485 g/mol. The van der Waals surface area contributed by atoms with Crippen LogP contribution in [0.25, 0.3) is 0 Å². The van der Waals surface area contributed by atoms with Crippen LogP contribution < -0.4 is 15.4 Å². The van der Waals surface area contributed by atoms with Crippen molar-refractivity contribution >= 4 is 27.6 Å². The Kier molecular flexibility index (Phi) is 7.04. The Bertz CT molecular complexity index is 851. The van der Waals surface area contributed by atoms with Gasteiger partial charge in [0.2, 0.25) is 0 Å². The third-order valence-electron chi connectivity index (χ3n) is 3.76. The first kappa shape index (κ1) is 22.9. The molecule has 0 unspecified atom stereocenters. The lowest BCUT2D eigenvalue weighted by Gasteiger charge is -2.15. The first-order chi connectivity index (χ1) is 13.4. The summed E-state index contributed by atoms with van der Waals surface area (Å²) in [4.78, 5) is 11.9. The van der Waals surface area contributed by atoms with Gasteiger partial charge in [0.25, 0.3) is 0 Å². The highest BCUT2D eigenvalue weighted by Gasteiger charge is 2.37. The van der Waals surface area contributed by atoms with Gasteiger partial charge in [-0.1, -0.05) is 6.07 Å². The number of nitrogens with one attached hydrogen (secondary N) is 2. The smallest absolute Gasteiger partial charge is 0.416 e. The lowest BCUT2D eigenvalue weighted by Crippen LogP contribution is -2.30. The molecule has 0 saturated heterocycles. The molecule has 0 aliphatic carbocycles. The number of benzene rings is 2. The van der Waals surface area contributed by atoms with Crippen LogP contribution in [0.4, 0.5) is 36.8 Å². The van der Waals surface area contributed by atoms with Gasteiger partial charge in [-0.05, 0) is 58.2 Å². The minimum Gasteiger partial charge on any atom is -0.496 e. The number of methoxy groups -OCH3 is 1. The van der Waals surface area contributed by atoms with Crippen molar-refractivity contribution in [2.45, 2.75) is 18.8 Å². The minimum absolute atomic E-state index is 0.00930. The van der Waals surface area contributed by atoms with Gasteiger partial charge in [-0.3, -0.25) is 0 Å². The summed E-state index contributed by atoms with van der Waals surface area (Å²) >= 11 is 3.31. The number of hydrogen-bond donors (Lipinski definition) is 2. The number of amides is 2. The van der Waals surface area contributed by atoms with Gasteiger partial charge in [-0.15, -0.1) is 0 Å². The predicted molar refractivity (Wildman–Crippen MR) is 97.9 cm³/mol. The van der Waals surface area contributed by atoms with Crippen molar-refractivity contribution in [3.63, 3.8) is 0 Å². The zero-order chi connectivity index (χ0) is 21.8. The van der Waals surface area contributed by atoms with Gasteiger partial charge in [0.1, 0.15) is 5.75 Å². The van der Waals surface area contributed by atoms with Crippen LogP contribution in [0.15, 0.2) is 40.9 Å². The van der Waals surface area contributed by atoms with Crippen LogP contribution in [-0.4, -0.2) is 19.7 Å². The molecule has 2 aromatic carbocycles. The Morgan fingerprint density at radius 1 is 1.00 bits per heavy atom. The summed E-state index contributed by atoms with van der Waals surface area (Å²) in [5, 5.41) is 4.39. The second-order valence-electron chi connectivity index (χ2n) is 5.89. The molecule has 2 rings (SSSR count). The number of alkyl halides is 6. The lowest BCUT2D eigenvalue weighted by molar-refractivity contribution is -0.143. The number of anilines is 1. The van der Waals surface area contributed by atoms with Crippen molar-refractivity contribution in [3.05, 3.63) is 57.6 Å². The molecule has 11 heteroatoms. The number of hydrogen-bond acceptors (Lipinski definition) is 2. The molecule has 0 aliphatic rings. The average Bonchev–Trinajstić information content (AvgIpc) is 2.60. The highest BCUT2D eigenvalue weighted by molar-refractivity contribution is 9.10. The Labute approximate surface area is 170 Å². The van der Waals surface area contributed by atoms with Gasteiger partial charge in [-0.25, -0.2) is 4.79 Å². The third-order valence-corrected chi connectivity index (χ3v) is 4.38. The molecule has 0 heterocycles. The second kappa shape index (κ2) is 8.93. The van der Waals surface area contributed by atoms with Crippen molar-refractivity contribution in [2.24, 2.45) is 0 Å². The normalized spacial score (nSPS) is 11.9. The van der Waals surface area contributed by atoms with E-state index in [1.807, 2.05) is 5.32 Å². The standard InChI is InChI=1S/C18H15BrF6N2O2/c1-29-15-3-2-10(6-14(15)19)4-5-26-16(28)27-13-8-11(17(20,21)22)7-12(9-13)18(23,24)25/h2-3,6-9H,4-5H2,1H3,(H2,26,27,28). The van der Waals surface area contributed by atoms with Crippen LogP contribution in [0.2, 0.25) is 0 Å². The SMILES string of the molecule is COc1ccc(CCNC(=O)Nc2cc(C(F)(F)F)cc(C(F)(F)F)c2)cc1Br. The second-order valence-corrected chi connectivity index (χ2v) is 6.75. The third kappa shape index (κ3) is 6.55. The van der Waals surface area contributed by atoms with Gasteiger partial charge >= 0.3 is 18.4 Å². The first-order valence-corrected chi connectivity index (χ1v) is 8.86. The Morgan fingerprint density at radius 2 is 1.59 bits per heavy atom. The summed E-state index contributed by atoms with van der Waals surface area (Å²) < 4.78 is 82.8. The van der Waals surface area contributed by atoms with Crippen LogP contribution in [0.3, 0.4) is 0 Å². The van der Waals surface area contributed by atoms with Crippen LogP contribution >= 0.6 is 15.9 Å². The van der Waals surface area contributed by atoms with Crippen molar-refractivity contribution in [2.75, 3.05) is 19.0 Å². The molecule has 0 bridgehead atoms. The van der Waals surface area contributed by atoms with Crippen molar-refractivity contribution in [1.29, 1.82) is 0 Å². The summed E-state index contributed by atoms with van der Waals surface area (Å²) in [6.45, 7) is 0.107. The molecule has 0 atom stereocenters. The van der Waals surface area contributed by atoms with E-state index in [1.54, 1.807) is 18.2 Å². The summed E-state index contributed by atoms with van der Waals surface area (Å²) in [6, 6.07) is 5.17. The van der Waals surface area contributed by atoms with Gasteiger partial charge in [0.05, 0.1) is 22.7 Å². The number of carbonyl (C=O) groups excluding carboxylic acids is 1. The van der Waals surface area contributed by atoms with E-state index in [9.17, 15) is 31.1 Å². The number of ether oxygens (including phenoxy) is 1. The van der Waals surface area contributed by atoms with E-state index in [-0.39, 0.29) is 12.6 Å². The van der Waals surface area contributed by atoms with Crippen molar-refractivity contribution in [1.82, 2.24) is 5.32 Å². The summed E-state index contributed by atoms with van der Waals surface area (Å²) in [5.41, 5.74) is -2.80. The van der Waals surface area contributed by atoms with Gasteiger partial charge in [0.15, 0.2) is 0 Å². The fraction of sp³-hybridized carbons (Fsp3) is 0.278. The number of halogens is 7. The maximum Gasteiger partial charge on any atom is 0.416 e. The molecule has 0 aliphatic heterocycles. The van der Waals surface area contributed by atoms with E-state index in [4.69, 9.17) is 4.74 Å². The Balaban J connectivity index is 2.03. The molecular weight excluding hydrogens is 470 g/mol. The monoisotopic (exact) mass is 484 g/mol. The molecule has 158 valence electrons. The number of rotatable bonds is 5. The lowest BCUT2D eigenvalue weighted by atomic mass is 10.1. The summed E-state index contributed by atoms with van der Waals surface area (Å²) in [6.07, 6.45) is -9.60. The summed E-state index contributed by atoms with van der Waals surface area (Å²) in [7, 11) is 1.50. The zero-order valence-electron chi connectivity index (χ0n) is 14.8. The molecular formula is C18H15BrF6N2O2. The largest absolute Gasteiger partial charge is 0.496 e. The molecule has 2 amide bonds. The van der Waals surface area contributed by atoms with Gasteiger partial charge < -0.3 is 15.4 Å². The summed E-state index contributed by atoms with van der Waals surface area (Å²) in [5.74, 6) is 0.615. The minimum atomic E-state index is -4.99. The molecule has 0 saturated carbocycles. The molecule has 0 spiro atoms. The topological polar surface area (TPSA) is 50.4 Å². The molecule has 0 aromatic heterocycles. The van der Waals surface area contributed by atoms with Crippen LogP contribution in [0, 0.1) is 0 Å². The first-order valence-electron chi connectivity index (χ1n) is 8.07. The Hall–Kier alpha value is -2.43. The van der Waals surface area contributed by atoms with Crippen molar-refractivity contribution in [3.8, 4) is 5.75 Å². The van der Waals surface area contributed by atoms with E-state index >= 15 is 0 Å². The van der Waals surface area contributed by atoms with Crippen molar-refractivity contribution < 1.29 is 35.9 Å². The molecule has 2 aromatic rings. The highest BCUT2D eigenvalue weighted by atomic mass is 79.9.